The molecule has 0 N–H and O–H groups in total. The summed E-state index contributed by atoms with van der Waals surface area (Å²) in [6.45, 7) is 0. The Morgan fingerprint density at radius 1 is 0.826 bits per heavy atom. The molecule has 5 nitrogen and oxygen atoms in total. The second-order valence-electron chi connectivity index (χ2n) is 4.59. The zero-order chi connectivity index (χ0) is 16.2. The minimum atomic E-state index is 0.576. The number of hydrogen-bond donors (Lipinski definition) is 0. The first-order valence-corrected chi connectivity index (χ1v) is 8.22. The van der Waals surface area contributed by atoms with E-state index in [0.29, 0.717) is 11.0 Å². The van der Waals surface area contributed by atoms with Gasteiger partial charge in [-0.2, -0.15) is 4.73 Å². The Kier molecular flexibility index (Phi) is 4.78. The van der Waals surface area contributed by atoms with Crippen LogP contribution in [0.2, 0.25) is 0 Å². The highest BCUT2D eigenvalue weighted by Crippen LogP contribution is 2.14. The van der Waals surface area contributed by atoms with E-state index in [9.17, 15) is 5.21 Å². The number of pyridine rings is 4. The van der Waals surface area contributed by atoms with Crippen LogP contribution in [0.15, 0.2) is 70.1 Å². The largest absolute Gasteiger partial charge is 0.618 e. The van der Waals surface area contributed by atoms with Gasteiger partial charge in [-0.3, -0.25) is 9.97 Å². The standard InChI is InChI=1S/C8H5BrN2O.C8H5BrN2/c9-6-4-8-7(10-5-6)2-1-3-11(8)12;9-6-4-8-7(11-5-6)2-1-3-10-8/h1-5H;1-5H. The molecule has 0 unspecified atom stereocenters. The van der Waals surface area contributed by atoms with Crippen LogP contribution in [-0.4, -0.2) is 15.0 Å². The SMILES string of the molecule is Brc1cnc2cccnc2c1.[O-][n+]1cccc2ncc(Br)cc21. The molecule has 0 aliphatic heterocycles. The maximum atomic E-state index is 11.2. The van der Waals surface area contributed by atoms with E-state index in [0.717, 1.165) is 24.7 Å². The summed E-state index contributed by atoms with van der Waals surface area (Å²) in [5.41, 5.74) is 3.13. The summed E-state index contributed by atoms with van der Waals surface area (Å²) in [6, 6.07) is 11.0. The molecule has 0 aliphatic rings. The molecular formula is C16H10Br2N4O. The lowest BCUT2D eigenvalue weighted by Crippen LogP contribution is -2.25. The third-order valence-corrected chi connectivity index (χ3v) is 3.86. The number of fused-ring (bicyclic) bond motifs is 2. The lowest BCUT2D eigenvalue weighted by molar-refractivity contribution is -0.577. The van der Waals surface area contributed by atoms with Crippen molar-refractivity contribution in [1.29, 1.82) is 0 Å². The highest BCUT2D eigenvalue weighted by atomic mass is 79.9. The molecule has 0 atom stereocenters. The first-order chi connectivity index (χ1) is 11.1. The van der Waals surface area contributed by atoms with Gasteiger partial charge in [0.15, 0.2) is 6.20 Å². The summed E-state index contributed by atoms with van der Waals surface area (Å²) in [5.74, 6) is 0. The Morgan fingerprint density at radius 3 is 2.35 bits per heavy atom. The number of halogens is 2. The average molecular weight is 434 g/mol. The van der Waals surface area contributed by atoms with Crippen LogP contribution >= 0.6 is 31.9 Å². The second-order valence-corrected chi connectivity index (χ2v) is 6.42. The molecule has 0 saturated carbocycles. The van der Waals surface area contributed by atoms with E-state index in [1.54, 1.807) is 36.8 Å². The summed E-state index contributed by atoms with van der Waals surface area (Å²) >= 11 is 6.58. The van der Waals surface area contributed by atoms with Crippen LogP contribution < -0.4 is 4.73 Å². The van der Waals surface area contributed by atoms with Gasteiger partial charge in [0.1, 0.15) is 5.52 Å². The Labute approximate surface area is 148 Å². The Balaban J connectivity index is 0.000000136. The van der Waals surface area contributed by atoms with Gasteiger partial charge < -0.3 is 5.21 Å². The van der Waals surface area contributed by atoms with Gasteiger partial charge >= 0.3 is 0 Å². The molecule has 114 valence electrons. The van der Waals surface area contributed by atoms with E-state index in [-0.39, 0.29) is 0 Å². The van der Waals surface area contributed by atoms with Crippen LogP contribution in [0.3, 0.4) is 0 Å². The van der Waals surface area contributed by atoms with E-state index >= 15 is 0 Å². The van der Waals surface area contributed by atoms with Gasteiger partial charge in [0, 0.05) is 39.7 Å². The quantitative estimate of drug-likeness (QED) is 0.310. The number of nitrogens with zero attached hydrogens (tertiary/aromatic N) is 4. The summed E-state index contributed by atoms with van der Waals surface area (Å²) in [6.07, 6.45) is 6.65. The third kappa shape index (κ3) is 3.80. The van der Waals surface area contributed by atoms with E-state index in [1.807, 2.05) is 18.2 Å². The molecule has 0 aromatic carbocycles. The topological polar surface area (TPSA) is 65.6 Å². The zero-order valence-corrected chi connectivity index (χ0v) is 14.9. The predicted molar refractivity (Wildman–Crippen MR) is 95.6 cm³/mol. The average Bonchev–Trinajstić information content (AvgIpc) is 2.56. The predicted octanol–water partition coefficient (Wildman–Crippen LogP) is 4.02. The maximum Gasteiger partial charge on any atom is 0.243 e. The van der Waals surface area contributed by atoms with Gasteiger partial charge in [-0.25, -0.2) is 4.98 Å². The Hall–Kier alpha value is -2.12. The zero-order valence-electron chi connectivity index (χ0n) is 11.7. The molecular weight excluding hydrogens is 424 g/mol. The number of aromatic nitrogens is 4. The highest BCUT2D eigenvalue weighted by molar-refractivity contribution is 9.10. The van der Waals surface area contributed by atoms with Crippen LogP contribution in [0.1, 0.15) is 0 Å². The Bertz CT molecular complexity index is 978. The van der Waals surface area contributed by atoms with Gasteiger partial charge in [-0.15, -0.1) is 0 Å². The summed E-state index contributed by atoms with van der Waals surface area (Å²) < 4.78 is 2.57. The molecule has 4 rings (SSSR count). The smallest absolute Gasteiger partial charge is 0.243 e. The summed E-state index contributed by atoms with van der Waals surface area (Å²) in [4.78, 5) is 12.4. The monoisotopic (exact) mass is 432 g/mol. The van der Waals surface area contributed by atoms with Crippen molar-refractivity contribution in [1.82, 2.24) is 15.0 Å². The molecule has 0 saturated heterocycles. The summed E-state index contributed by atoms with van der Waals surface area (Å²) in [7, 11) is 0. The Morgan fingerprint density at radius 2 is 1.52 bits per heavy atom. The normalized spacial score (nSPS) is 10.3. The second kappa shape index (κ2) is 6.97. The van der Waals surface area contributed by atoms with Gasteiger partial charge in [-0.1, -0.05) is 0 Å². The molecule has 4 aromatic rings. The van der Waals surface area contributed by atoms with Crippen molar-refractivity contribution in [2.45, 2.75) is 0 Å². The lowest BCUT2D eigenvalue weighted by Gasteiger charge is -1.99. The molecule has 0 fully saturated rings. The molecule has 0 spiro atoms. The van der Waals surface area contributed by atoms with Crippen LogP contribution in [0.5, 0.6) is 0 Å². The number of rotatable bonds is 0. The van der Waals surface area contributed by atoms with E-state index in [4.69, 9.17) is 0 Å². The lowest BCUT2D eigenvalue weighted by atomic mass is 10.3. The van der Waals surface area contributed by atoms with E-state index < -0.39 is 0 Å². The van der Waals surface area contributed by atoms with Gasteiger partial charge in [-0.05, 0) is 56.1 Å². The van der Waals surface area contributed by atoms with Crippen molar-refractivity contribution in [3.05, 3.63) is 75.3 Å². The van der Waals surface area contributed by atoms with Crippen molar-refractivity contribution < 1.29 is 4.73 Å². The van der Waals surface area contributed by atoms with Crippen molar-refractivity contribution in [2.75, 3.05) is 0 Å². The molecule has 0 bridgehead atoms. The minimum Gasteiger partial charge on any atom is -0.618 e. The van der Waals surface area contributed by atoms with Gasteiger partial charge in [0.25, 0.3) is 0 Å². The molecule has 0 radical (unpaired) electrons. The number of hydrogen-bond acceptors (Lipinski definition) is 4. The first-order valence-electron chi connectivity index (χ1n) is 6.63. The maximum absolute atomic E-state index is 11.2. The van der Waals surface area contributed by atoms with Crippen molar-refractivity contribution >= 4 is 53.9 Å². The molecule has 0 aliphatic carbocycles. The van der Waals surface area contributed by atoms with Crippen LogP contribution in [0.4, 0.5) is 0 Å². The van der Waals surface area contributed by atoms with Gasteiger partial charge in [0.2, 0.25) is 5.52 Å². The third-order valence-electron chi connectivity index (χ3n) is 2.99. The van der Waals surface area contributed by atoms with Crippen molar-refractivity contribution in [3.8, 4) is 0 Å². The minimum absolute atomic E-state index is 0.576. The van der Waals surface area contributed by atoms with Crippen molar-refractivity contribution in [2.24, 2.45) is 0 Å². The fourth-order valence-corrected chi connectivity index (χ4v) is 2.60. The first kappa shape index (κ1) is 15.8. The van der Waals surface area contributed by atoms with Gasteiger partial charge in [0.05, 0.1) is 11.0 Å². The summed E-state index contributed by atoms with van der Waals surface area (Å²) in [5, 5.41) is 11.2. The van der Waals surface area contributed by atoms with Crippen molar-refractivity contribution in [3.63, 3.8) is 0 Å². The molecule has 4 heterocycles. The van der Waals surface area contributed by atoms with Crippen LogP contribution in [-0.2, 0) is 0 Å². The van der Waals surface area contributed by atoms with Crippen LogP contribution in [0.25, 0.3) is 22.1 Å². The molecule has 7 heteroatoms. The molecule has 23 heavy (non-hydrogen) atoms. The van der Waals surface area contributed by atoms with Crippen LogP contribution in [0, 0.1) is 5.21 Å². The fourth-order valence-electron chi connectivity index (χ4n) is 1.97. The fraction of sp³-hybridized carbons (Fsp3) is 0. The molecule has 0 amide bonds. The van der Waals surface area contributed by atoms with E-state index in [1.165, 1.54) is 6.20 Å². The molecule has 4 aromatic heterocycles. The highest BCUT2D eigenvalue weighted by Gasteiger charge is 2.03. The van der Waals surface area contributed by atoms with E-state index in [2.05, 4.69) is 46.8 Å².